The second-order valence-corrected chi connectivity index (χ2v) is 9.49. The number of unbranched alkanes of at least 4 members (excludes halogenated alkanes) is 4. The van der Waals surface area contributed by atoms with Gasteiger partial charge in [0.15, 0.2) is 0 Å². The second kappa shape index (κ2) is 13.2. The van der Waals surface area contributed by atoms with Gasteiger partial charge >= 0.3 is 12.1 Å². The molecule has 31 heavy (non-hydrogen) atoms. The van der Waals surface area contributed by atoms with Crippen molar-refractivity contribution in [2.24, 2.45) is 0 Å². The molecule has 0 fully saturated rings. The van der Waals surface area contributed by atoms with Crippen LogP contribution in [-0.2, 0) is 16.0 Å². The molecule has 0 saturated heterocycles. The van der Waals surface area contributed by atoms with E-state index in [-0.39, 0.29) is 6.42 Å². The number of aryl methyl sites for hydroxylation is 1. The van der Waals surface area contributed by atoms with E-state index in [1.165, 1.54) is 25.7 Å². The highest BCUT2D eigenvalue weighted by molar-refractivity contribution is 5.69. The number of carbonyl (C=O) groups excluding carboxylic acids is 1. The molecule has 0 saturated carbocycles. The summed E-state index contributed by atoms with van der Waals surface area (Å²) in [6.45, 7) is 10.2. The highest BCUT2D eigenvalue weighted by Gasteiger charge is 2.29. The molecule has 1 aromatic rings. The number of ether oxygens (including phenoxy) is 2. The van der Waals surface area contributed by atoms with Crippen molar-refractivity contribution in [2.45, 2.75) is 104 Å². The molecule has 1 amide bonds. The number of amides is 1. The number of carbonyl (C=O) groups is 2. The van der Waals surface area contributed by atoms with Crippen molar-refractivity contribution >= 4 is 12.1 Å². The fraction of sp³-hybridized carbons (Fsp3) is 0.680. The van der Waals surface area contributed by atoms with Crippen LogP contribution in [0.3, 0.4) is 0 Å². The lowest BCUT2D eigenvalue weighted by molar-refractivity contribution is -0.137. The van der Waals surface area contributed by atoms with E-state index < -0.39 is 23.2 Å². The number of carboxylic acids is 1. The third-order valence-electron chi connectivity index (χ3n) is 5.10. The second-order valence-electron chi connectivity index (χ2n) is 9.49. The molecule has 1 aromatic carbocycles. The summed E-state index contributed by atoms with van der Waals surface area (Å²) in [5.41, 5.74) is -0.166. The first kappa shape index (κ1) is 26.8. The maximum absolute atomic E-state index is 12.3. The topological polar surface area (TPSA) is 84.9 Å². The molecule has 0 aromatic heterocycles. The van der Waals surface area contributed by atoms with Crippen molar-refractivity contribution in [1.29, 1.82) is 0 Å². The van der Waals surface area contributed by atoms with Crippen LogP contribution >= 0.6 is 0 Å². The lowest BCUT2D eigenvalue weighted by Gasteiger charge is -2.32. The lowest BCUT2D eigenvalue weighted by Crippen LogP contribution is -2.48. The molecule has 2 N–H and O–H groups in total. The normalized spacial score (nSPS) is 13.3. The Morgan fingerprint density at radius 2 is 1.61 bits per heavy atom. The Bertz CT molecular complexity index is 665. The van der Waals surface area contributed by atoms with Crippen molar-refractivity contribution in [3.63, 3.8) is 0 Å². The molecule has 176 valence electrons. The van der Waals surface area contributed by atoms with Gasteiger partial charge in [-0.15, -0.1) is 0 Å². The van der Waals surface area contributed by atoms with Crippen LogP contribution in [0.25, 0.3) is 0 Å². The molecular weight excluding hydrogens is 394 g/mol. The third kappa shape index (κ3) is 12.9. The van der Waals surface area contributed by atoms with Gasteiger partial charge < -0.3 is 19.9 Å². The molecule has 1 rings (SSSR count). The van der Waals surface area contributed by atoms with Crippen LogP contribution in [0.15, 0.2) is 24.3 Å². The Hall–Kier alpha value is -2.24. The molecule has 0 radical (unpaired) electrons. The monoisotopic (exact) mass is 435 g/mol. The third-order valence-corrected chi connectivity index (χ3v) is 5.10. The number of hydrogen-bond acceptors (Lipinski definition) is 4. The first-order valence-corrected chi connectivity index (χ1v) is 11.5. The molecule has 1 atom stereocenters. The zero-order chi connectivity index (χ0) is 23.3. The summed E-state index contributed by atoms with van der Waals surface area (Å²) >= 11 is 0. The smallest absolute Gasteiger partial charge is 0.408 e. The van der Waals surface area contributed by atoms with Gasteiger partial charge in [-0.05, 0) is 71.1 Å². The van der Waals surface area contributed by atoms with Crippen LogP contribution < -0.4 is 10.1 Å². The average molecular weight is 436 g/mol. The van der Waals surface area contributed by atoms with Gasteiger partial charge in [-0.25, -0.2) is 4.79 Å². The minimum atomic E-state index is -0.881. The Morgan fingerprint density at radius 3 is 2.19 bits per heavy atom. The van der Waals surface area contributed by atoms with Crippen LogP contribution in [0.2, 0.25) is 0 Å². The van der Waals surface area contributed by atoms with Gasteiger partial charge in [0.05, 0.1) is 6.61 Å². The van der Waals surface area contributed by atoms with E-state index >= 15 is 0 Å². The van der Waals surface area contributed by atoms with Crippen LogP contribution in [-0.4, -0.2) is 34.9 Å². The van der Waals surface area contributed by atoms with E-state index in [4.69, 9.17) is 14.6 Å². The molecule has 6 nitrogen and oxygen atoms in total. The summed E-state index contributed by atoms with van der Waals surface area (Å²) < 4.78 is 11.2. The van der Waals surface area contributed by atoms with E-state index in [2.05, 4.69) is 12.2 Å². The first-order chi connectivity index (χ1) is 14.5. The van der Waals surface area contributed by atoms with Gasteiger partial charge in [-0.3, -0.25) is 4.79 Å². The van der Waals surface area contributed by atoms with Gasteiger partial charge in [-0.1, -0.05) is 44.7 Å². The van der Waals surface area contributed by atoms with Gasteiger partial charge in [0.2, 0.25) is 0 Å². The van der Waals surface area contributed by atoms with Crippen molar-refractivity contribution in [3.8, 4) is 5.75 Å². The highest BCUT2D eigenvalue weighted by atomic mass is 16.6. The van der Waals surface area contributed by atoms with Gasteiger partial charge in [0.1, 0.15) is 11.4 Å². The molecule has 0 aliphatic rings. The van der Waals surface area contributed by atoms with Crippen molar-refractivity contribution in [1.82, 2.24) is 5.32 Å². The summed E-state index contributed by atoms with van der Waals surface area (Å²) in [5, 5.41) is 12.0. The molecule has 6 heteroatoms. The summed E-state index contributed by atoms with van der Waals surface area (Å²) in [5.74, 6) is -0.0202. The number of alkyl carbamates (subject to hydrolysis) is 1. The first-order valence-electron chi connectivity index (χ1n) is 11.5. The number of nitrogens with one attached hydrogen (secondary N) is 1. The molecule has 0 bridgehead atoms. The fourth-order valence-corrected chi connectivity index (χ4v) is 3.25. The molecule has 0 aliphatic carbocycles. The summed E-state index contributed by atoms with van der Waals surface area (Å²) in [6.07, 6.45) is 7.16. The summed E-state index contributed by atoms with van der Waals surface area (Å²) in [6, 6.07) is 7.99. The van der Waals surface area contributed by atoms with E-state index in [0.29, 0.717) is 19.3 Å². The van der Waals surface area contributed by atoms with E-state index in [1.807, 2.05) is 31.2 Å². The molecular formula is C25H41NO5. The van der Waals surface area contributed by atoms with Crippen LogP contribution in [0.4, 0.5) is 4.79 Å². The lowest BCUT2D eigenvalue weighted by atomic mass is 9.88. The Kier molecular flexibility index (Phi) is 11.4. The van der Waals surface area contributed by atoms with E-state index in [9.17, 15) is 9.59 Å². The Balaban J connectivity index is 2.58. The minimum absolute atomic E-state index is 0.0165. The van der Waals surface area contributed by atoms with Crippen LogP contribution in [0, 0.1) is 0 Å². The zero-order valence-electron chi connectivity index (χ0n) is 20.0. The molecule has 0 spiro atoms. The number of rotatable bonds is 14. The number of aliphatic carboxylic acids is 1. The van der Waals surface area contributed by atoms with Gasteiger partial charge in [0.25, 0.3) is 0 Å². The maximum Gasteiger partial charge on any atom is 0.408 e. The highest BCUT2D eigenvalue weighted by Crippen LogP contribution is 2.23. The van der Waals surface area contributed by atoms with Crippen molar-refractivity contribution in [2.75, 3.05) is 6.61 Å². The van der Waals surface area contributed by atoms with Gasteiger partial charge in [-0.2, -0.15) is 0 Å². The van der Waals surface area contributed by atoms with Gasteiger partial charge in [0, 0.05) is 12.0 Å². The minimum Gasteiger partial charge on any atom is -0.494 e. The number of hydrogen-bond donors (Lipinski definition) is 2. The molecule has 1 unspecified atom stereocenters. The zero-order valence-corrected chi connectivity index (χ0v) is 20.0. The maximum atomic E-state index is 12.3. The van der Waals surface area contributed by atoms with Crippen molar-refractivity contribution < 1.29 is 24.2 Å². The quantitative estimate of drug-likeness (QED) is 0.344. The van der Waals surface area contributed by atoms with Crippen LogP contribution in [0.1, 0.15) is 91.5 Å². The Morgan fingerprint density at radius 1 is 0.968 bits per heavy atom. The molecule has 0 aliphatic heterocycles. The predicted molar refractivity (Wildman–Crippen MR) is 124 cm³/mol. The SMILES string of the molecule is CCCCCCCOc1ccc(CCC(C)(CCC(=O)O)NC(=O)OC(C)(C)C)cc1. The average Bonchev–Trinajstić information content (AvgIpc) is 2.67. The standard InChI is InChI=1S/C25H41NO5/c1-6-7-8-9-10-19-30-21-13-11-20(12-14-21)15-17-25(5,18-16-22(27)28)26-23(29)31-24(2,3)4/h11-14H,6-10,15-19H2,1-5H3,(H,26,29)(H,27,28). The number of carboxylic acid groups (broad SMARTS) is 1. The number of benzene rings is 1. The van der Waals surface area contributed by atoms with E-state index in [0.717, 1.165) is 24.3 Å². The Labute approximate surface area is 187 Å². The summed E-state index contributed by atoms with van der Waals surface area (Å²) in [7, 11) is 0. The fourth-order valence-electron chi connectivity index (χ4n) is 3.25. The van der Waals surface area contributed by atoms with Crippen LogP contribution in [0.5, 0.6) is 5.75 Å². The summed E-state index contributed by atoms with van der Waals surface area (Å²) in [4.78, 5) is 23.3. The largest absolute Gasteiger partial charge is 0.494 e. The van der Waals surface area contributed by atoms with E-state index in [1.54, 1.807) is 20.8 Å². The molecule has 0 heterocycles. The van der Waals surface area contributed by atoms with Crippen molar-refractivity contribution in [3.05, 3.63) is 29.8 Å². The predicted octanol–water partition coefficient (Wildman–Crippen LogP) is 6.12.